The number of esters is 1. The summed E-state index contributed by atoms with van der Waals surface area (Å²) in [6.45, 7) is 0. The molecule has 0 spiro atoms. The number of hydrogen-bond donors (Lipinski definition) is 0. The van der Waals surface area contributed by atoms with Gasteiger partial charge >= 0.3 is 5.97 Å². The van der Waals surface area contributed by atoms with Crippen LogP contribution in [0.1, 0.15) is 10.4 Å². The van der Waals surface area contributed by atoms with Crippen LogP contribution >= 0.6 is 0 Å². The van der Waals surface area contributed by atoms with E-state index in [-0.39, 0.29) is 0 Å². The molecule has 8 nitrogen and oxygen atoms in total. The number of oxazole rings is 1. The average Bonchev–Trinajstić information content (AvgIpc) is 3.53. The number of carbonyl (C=O) groups excluding carboxylic acids is 1. The van der Waals surface area contributed by atoms with Crippen LogP contribution in [0.15, 0.2) is 95.8 Å². The van der Waals surface area contributed by atoms with E-state index in [9.17, 15) is 4.79 Å². The molecule has 0 radical (unpaired) electrons. The zero-order valence-corrected chi connectivity index (χ0v) is 16.1. The van der Waals surface area contributed by atoms with Gasteiger partial charge in [-0.15, -0.1) is 5.10 Å². The highest BCUT2D eigenvalue weighted by molar-refractivity contribution is 5.97. The van der Waals surface area contributed by atoms with E-state index in [4.69, 9.17) is 9.15 Å². The fourth-order valence-electron chi connectivity index (χ4n) is 3.09. The van der Waals surface area contributed by atoms with Crippen molar-refractivity contribution >= 4 is 5.97 Å². The number of ether oxygens (including phenoxy) is 1. The molecule has 0 N–H and O–H groups in total. The predicted molar refractivity (Wildman–Crippen MR) is 111 cm³/mol. The molecule has 0 aliphatic heterocycles. The smallest absolute Gasteiger partial charge is 0.344 e. The molecule has 31 heavy (non-hydrogen) atoms. The lowest BCUT2D eigenvalue weighted by molar-refractivity contribution is 0.0735. The minimum absolute atomic E-state index is 0.348. The number of carbonyl (C=O) groups is 1. The van der Waals surface area contributed by atoms with Gasteiger partial charge in [-0.25, -0.2) is 14.5 Å². The van der Waals surface area contributed by atoms with Gasteiger partial charge in [0.1, 0.15) is 12.1 Å². The Morgan fingerprint density at radius 2 is 1.68 bits per heavy atom. The van der Waals surface area contributed by atoms with E-state index in [0.717, 1.165) is 11.3 Å². The minimum Gasteiger partial charge on any atom is -0.436 e. The molecule has 0 atom stereocenters. The monoisotopic (exact) mass is 409 g/mol. The predicted octanol–water partition coefficient (Wildman–Crippen LogP) is 4.20. The zero-order chi connectivity index (χ0) is 21.0. The summed E-state index contributed by atoms with van der Waals surface area (Å²) in [5.41, 5.74) is 2.57. The molecule has 5 rings (SSSR count). The van der Waals surface area contributed by atoms with Crippen LogP contribution in [0.5, 0.6) is 5.75 Å². The standard InChI is InChI=1S/C23H15N5O3/c29-23(30-18-12-10-17(11-13-18)28-15-25-26-27-28)20-9-5-4-8-19(20)22-24-14-21(31-22)16-6-2-1-3-7-16/h1-15H. The van der Waals surface area contributed by atoms with Crippen LogP contribution in [-0.4, -0.2) is 31.2 Å². The molecule has 5 aromatic rings. The molecule has 2 heterocycles. The van der Waals surface area contributed by atoms with Crippen molar-refractivity contribution in [1.29, 1.82) is 0 Å². The van der Waals surface area contributed by atoms with E-state index < -0.39 is 5.97 Å². The molecular formula is C23H15N5O3. The molecule has 0 aliphatic carbocycles. The summed E-state index contributed by atoms with van der Waals surface area (Å²) in [5, 5.41) is 11.0. The third kappa shape index (κ3) is 3.82. The van der Waals surface area contributed by atoms with Crippen molar-refractivity contribution in [2.75, 3.05) is 0 Å². The van der Waals surface area contributed by atoms with E-state index >= 15 is 0 Å². The van der Waals surface area contributed by atoms with Gasteiger partial charge in [-0.05, 0) is 46.8 Å². The van der Waals surface area contributed by atoms with Crippen LogP contribution in [0.3, 0.4) is 0 Å². The van der Waals surface area contributed by atoms with Gasteiger partial charge in [0.05, 0.1) is 23.0 Å². The van der Waals surface area contributed by atoms with E-state index in [1.807, 2.05) is 36.4 Å². The molecule has 0 fully saturated rings. The quantitative estimate of drug-likeness (QED) is 0.317. The van der Waals surface area contributed by atoms with E-state index in [1.165, 1.54) is 11.0 Å². The largest absolute Gasteiger partial charge is 0.436 e. The Bertz CT molecular complexity index is 1310. The molecule has 0 aliphatic rings. The van der Waals surface area contributed by atoms with E-state index in [2.05, 4.69) is 20.5 Å². The van der Waals surface area contributed by atoms with Gasteiger partial charge in [-0.3, -0.25) is 0 Å². The van der Waals surface area contributed by atoms with Crippen LogP contribution in [0.2, 0.25) is 0 Å². The first-order chi connectivity index (χ1) is 15.3. The molecule has 150 valence electrons. The van der Waals surface area contributed by atoms with Crippen molar-refractivity contribution < 1.29 is 13.9 Å². The summed E-state index contributed by atoms with van der Waals surface area (Å²) in [4.78, 5) is 17.2. The highest BCUT2D eigenvalue weighted by Gasteiger charge is 2.18. The summed E-state index contributed by atoms with van der Waals surface area (Å²) in [6.07, 6.45) is 3.13. The van der Waals surface area contributed by atoms with Gasteiger partial charge in [-0.1, -0.05) is 42.5 Å². The first-order valence-corrected chi connectivity index (χ1v) is 9.44. The minimum atomic E-state index is -0.509. The van der Waals surface area contributed by atoms with Gasteiger partial charge in [-0.2, -0.15) is 0 Å². The van der Waals surface area contributed by atoms with Gasteiger partial charge in [0.15, 0.2) is 5.76 Å². The van der Waals surface area contributed by atoms with Crippen molar-refractivity contribution in [2.24, 2.45) is 0 Å². The normalized spacial score (nSPS) is 10.7. The number of rotatable bonds is 5. The summed E-state index contributed by atoms with van der Waals surface area (Å²) in [6, 6.07) is 23.6. The maximum Gasteiger partial charge on any atom is 0.344 e. The van der Waals surface area contributed by atoms with Crippen molar-refractivity contribution in [1.82, 2.24) is 25.2 Å². The highest BCUT2D eigenvalue weighted by atomic mass is 16.5. The molecule has 2 aromatic heterocycles. The number of aromatic nitrogens is 5. The second-order valence-electron chi connectivity index (χ2n) is 6.58. The molecule has 3 aromatic carbocycles. The van der Waals surface area contributed by atoms with Crippen molar-refractivity contribution in [3.05, 3.63) is 97.0 Å². The van der Waals surface area contributed by atoms with Crippen LogP contribution < -0.4 is 4.74 Å². The molecule has 0 saturated heterocycles. The summed E-state index contributed by atoms with van der Waals surface area (Å²) in [7, 11) is 0. The maximum atomic E-state index is 12.9. The Morgan fingerprint density at radius 3 is 2.45 bits per heavy atom. The van der Waals surface area contributed by atoms with Gasteiger partial charge < -0.3 is 9.15 Å². The number of tetrazole rings is 1. The van der Waals surface area contributed by atoms with E-state index in [1.54, 1.807) is 48.7 Å². The fraction of sp³-hybridized carbons (Fsp3) is 0. The van der Waals surface area contributed by atoms with Gasteiger partial charge in [0.2, 0.25) is 5.89 Å². The molecule has 0 saturated carbocycles. The van der Waals surface area contributed by atoms with Crippen LogP contribution in [0.25, 0.3) is 28.5 Å². The summed E-state index contributed by atoms with van der Waals surface area (Å²) in [5.74, 6) is 0.858. The Morgan fingerprint density at radius 1 is 0.903 bits per heavy atom. The number of hydrogen-bond acceptors (Lipinski definition) is 7. The van der Waals surface area contributed by atoms with Gasteiger partial charge in [0, 0.05) is 5.56 Å². The van der Waals surface area contributed by atoms with Crippen LogP contribution in [0, 0.1) is 0 Å². The first kappa shape index (κ1) is 18.4. The average molecular weight is 409 g/mol. The lowest BCUT2D eigenvalue weighted by atomic mass is 10.1. The van der Waals surface area contributed by atoms with Crippen molar-refractivity contribution in [2.45, 2.75) is 0 Å². The summed E-state index contributed by atoms with van der Waals surface area (Å²) >= 11 is 0. The molecule has 0 amide bonds. The maximum absolute atomic E-state index is 12.9. The molecule has 0 unspecified atom stereocenters. The number of benzene rings is 3. The lowest BCUT2D eigenvalue weighted by Gasteiger charge is -2.08. The Balaban J connectivity index is 1.39. The molecule has 8 heteroatoms. The number of nitrogens with zero attached hydrogens (tertiary/aromatic N) is 5. The lowest BCUT2D eigenvalue weighted by Crippen LogP contribution is -2.10. The third-order valence-corrected chi connectivity index (χ3v) is 4.60. The topological polar surface area (TPSA) is 95.9 Å². The Labute approximate surface area is 176 Å². The fourth-order valence-corrected chi connectivity index (χ4v) is 3.09. The highest BCUT2D eigenvalue weighted by Crippen LogP contribution is 2.29. The van der Waals surface area contributed by atoms with Crippen molar-refractivity contribution in [3.63, 3.8) is 0 Å². The second kappa shape index (κ2) is 8.03. The first-order valence-electron chi connectivity index (χ1n) is 9.44. The van der Waals surface area contributed by atoms with E-state index in [0.29, 0.717) is 28.5 Å². The Hall–Kier alpha value is -4.59. The summed E-state index contributed by atoms with van der Waals surface area (Å²) < 4.78 is 13.0. The van der Waals surface area contributed by atoms with Crippen LogP contribution in [0.4, 0.5) is 0 Å². The molecule has 0 bridgehead atoms. The van der Waals surface area contributed by atoms with Gasteiger partial charge in [0.25, 0.3) is 0 Å². The third-order valence-electron chi connectivity index (χ3n) is 4.60. The molecular weight excluding hydrogens is 394 g/mol. The van der Waals surface area contributed by atoms with Crippen molar-refractivity contribution in [3.8, 4) is 34.2 Å². The Kier molecular flexibility index (Phi) is 4.78. The SMILES string of the molecule is O=C(Oc1ccc(-n2cnnn2)cc1)c1ccccc1-c1ncc(-c2ccccc2)o1. The zero-order valence-electron chi connectivity index (χ0n) is 16.1. The second-order valence-corrected chi connectivity index (χ2v) is 6.58. The van der Waals surface area contributed by atoms with Crippen LogP contribution in [-0.2, 0) is 0 Å².